The van der Waals surface area contributed by atoms with Gasteiger partial charge in [0.15, 0.2) is 5.75 Å². The lowest BCUT2D eigenvalue weighted by Crippen LogP contribution is -2.28. The molecule has 1 heterocycles. The Hall–Kier alpha value is -2.73. The smallest absolute Gasteiger partial charge is 0.357 e. The van der Waals surface area contributed by atoms with Gasteiger partial charge in [-0.05, 0) is 18.2 Å². The first-order valence-electron chi connectivity index (χ1n) is 9.33. The molecule has 0 bridgehead atoms. The van der Waals surface area contributed by atoms with Crippen molar-refractivity contribution < 1.29 is 47.3 Å². The van der Waals surface area contributed by atoms with Gasteiger partial charge in [0.05, 0.1) is 22.6 Å². The van der Waals surface area contributed by atoms with Crippen molar-refractivity contribution in [3.8, 4) is 5.75 Å². The molecule has 0 fully saturated rings. The van der Waals surface area contributed by atoms with E-state index >= 15 is 0 Å². The number of aromatic nitrogens is 3. The molecule has 0 aliphatic heterocycles. The SMILES string of the molecule is CS(=O)(=O)NCCNc1nc(NCCS(=O)(=O)O)nc(Nc2cc(S(=O)(=O)O)ccc2OS(=O)O)n1. The van der Waals surface area contributed by atoms with Crippen LogP contribution in [-0.4, -0.2) is 89.7 Å². The number of anilines is 4. The molecule has 18 nitrogen and oxygen atoms in total. The molecular formula is C14H21N7O11S4. The molecule has 202 valence electrons. The summed E-state index contributed by atoms with van der Waals surface area (Å²) in [6.07, 6.45) is 0.953. The zero-order chi connectivity index (χ0) is 27.1. The highest BCUT2D eigenvalue weighted by atomic mass is 32.2. The molecule has 7 N–H and O–H groups in total. The Bertz CT molecular complexity index is 1430. The van der Waals surface area contributed by atoms with Gasteiger partial charge < -0.3 is 20.1 Å². The summed E-state index contributed by atoms with van der Waals surface area (Å²) in [6, 6.07) is 2.73. The monoisotopic (exact) mass is 591 g/mol. The fourth-order valence-corrected chi connectivity index (χ4v) is 3.97. The third-order valence-electron chi connectivity index (χ3n) is 3.71. The van der Waals surface area contributed by atoms with Crippen molar-refractivity contribution in [1.82, 2.24) is 19.7 Å². The lowest BCUT2D eigenvalue weighted by molar-refractivity contribution is 0.458. The average molecular weight is 592 g/mol. The van der Waals surface area contributed by atoms with Crippen molar-refractivity contribution in [3.63, 3.8) is 0 Å². The molecule has 22 heteroatoms. The summed E-state index contributed by atoms with van der Waals surface area (Å²) in [6.45, 7) is -0.389. The summed E-state index contributed by atoms with van der Waals surface area (Å²) in [5, 5.41) is 7.72. The minimum Gasteiger partial charge on any atom is -0.378 e. The standard InChI is InChI=1S/C14H21N7O11S4/c1-34(24,25)17-5-4-15-12-19-13(16-6-7-35(26,27)28)21-14(20-12)18-10-8-9(36(29,30)31)2-3-11(10)32-33(22)23/h2-3,8,17H,4-7H2,1H3,(H,22,23)(H,26,27,28)(H,29,30,31)(H3,15,16,18,19,20,21). The Morgan fingerprint density at radius 1 is 0.917 bits per heavy atom. The summed E-state index contributed by atoms with van der Waals surface area (Å²) < 4.78 is 112. The molecule has 36 heavy (non-hydrogen) atoms. The summed E-state index contributed by atoms with van der Waals surface area (Å²) in [5.74, 6) is -1.74. The number of benzene rings is 1. The van der Waals surface area contributed by atoms with E-state index in [1.165, 1.54) is 0 Å². The van der Waals surface area contributed by atoms with E-state index in [9.17, 15) is 34.0 Å². The van der Waals surface area contributed by atoms with Crippen molar-refractivity contribution in [2.24, 2.45) is 0 Å². The van der Waals surface area contributed by atoms with Gasteiger partial charge in [-0.15, -0.1) is 0 Å². The Kier molecular flexibility index (Phi) is 9.84. The molecule has 0 aliphatic rings. The van der Waals surface area contributed by atoms with E-state index in [-0.39, 0.29) is 48.9 Å². The van der Waals surface area contributed by atoms with Crippen molar-refractivity contribution in [3.05, 3.63) is 18.2 Å². The zero-order valence-electron chi connectivity index (χ0n) is 18.1. The predicted octanol–water partition coefficient (Wildman–Crippen LogP) is -1.36. The minimum atomic E-state index is -4.68. The molecule has 0 saturated heterocycles. The maximum absolute atomic E-state index is 11.5. The molecule has 0 saturated carbocycles. The van der Waals surface area contributed by atoms with E-state index in [2.05, 4.69) is 39.8 Å². The molecule has 1 aromatic heterocycles. The van der Waals surface area contributed by atoms with E-state index in [0.717, 1.165) is 24.5 Å². The normalized spacial score (nSPS) is 13.1. The van der Waals surface area contributed by atoms with Crippen LogP contribution in [0.1, 0.15) is 0 Å². The van der Waals surface area contributed by atoms with Crippen LogP contribution in [0.4, 0.5) is 23.5 Å². The van der Waals surface area contributed by atoms with Crippen molar-refractivity contribution in [1.29, 1.82) is 0 Å². The molecule has 2 rings (SSSR count). The molecule has 1 aromatic carbocycles. The number of rotatable bonds is 14. The van der Waals surface area contributed by atoms with E-state index in [1.54, 1.807) is 0 Å². The van der Waals surface area contributed by atoms with Crippen LogP contribution in [0.3, 0.4) is 0 Å². The van der Waals surface area contributed by atoms with Crippen LogP contribution in [-0.2, 0) is 41.6 Å². The number of sulfonamides is 1. The molecule has 2 aromatic rings. The molecule has 0 radical (unpaired) electrons. The largest absolute Gasteiger partial charge is 0.378 e. The van der Waals surface area contributed by atoms with E-state index < -0.39 is 52.3 Å². The topological polar surface area (TPSA) is 276 Å². The second kappa shape index (κ2) is 12.0. The van der Waals surface area contributed by atoms with E-state index in [4.69, 9.17) is 9.11 Å². The van der Waals surface area contributed by atoms with Gasteiger partial charge in [-0.3, -0.25) is 13.7 Å². The van der Waals surface area contributed by atoms with Crippen LogP contribution in [0.2, 0.25) is 0 Å². The number of nitrogens with zero attached hydrogens (tertiary/aromatic N) is 3. The van der Waals surface area contributed by atoms with Crippen LogP contribution >= 0.6 is 0 Å². The Morgan fingerprint density at radius 3 is 2.03 bits per heavy atom. The van der Waals surface area contributed by atoms with Crippen LogP contribution in [0.5, 0.6) is 5.75 Å². The highest BCUT2D eigenvalue weighted by Crippen LogP contribution is 2.30. The Balaban J connectivity index is 2.39. The summed E-state index contributed by atoms with van der Waals surface area (Å²) in [5.41, 5.74) is -0.271. The van der Waals surface area contributed by atoms with Gasteiger partial charge >= 0.3 is 11.4 Å². The fraction of sp³-hybridized carbons (Fsp3) is 0.357. The summed E-state index contributed by atoms with van der Waals surface area (Å²) in [7, 11) is -12.5. The zero-order valence-corrected chi connectivity index (χ0v) is 21.4. The predicted molar refractivity (Wildman–Crippen MR) is 127 cm³/mol. The second-order valence-corrected chi connectivity index (χ2v) is 12.1. The van der Waals surface area contributed by atoms with Crippen LogP contribution < -0.4 is 24.9 Å². The minimum absolute atomic E-state index is 0.00290. The third-order valence-corrected chi connectivity index (χ3v) is 6.33. The van der Waals surface area contributed by atoms with Crippen LogP contribution in [0, 0.1) is 0 Å². The van der Waals surface area contributed by atoms with Gasteiger partial charge in [0, 0.05) is 19.6 Å². The lowest BCUT2D eigenvalue weighted by Gasteiger charge is -2.13. The van der Waals surface area contributed by atoms with Crippen molar-refractivity contribution in [2.75, 3.05) is 47.6 Å². The first kappa shape index (κ1) is 29.5. The van der Waals surface area contributed by atoms with Gasteiger partial charge in [0.25, 0.3) is 20.2 Å². The first-order chi connectivity index (χ1) is 16.5. The molecule has 0 amide bonds. The summed E-state index contributed by atoms with van der Waals surface area (Å²) in [4.78, 5) is 11.3. The quantitative estimate of drug-likeness (QED) is 0.0758. The summed E-state index contributed by atoms with van der Waals surface area (Å²) >= 11 is -2.81. The van der Waals surface area contributed by atoms with Crippen molar-refractivity contribution in [2.45, 2.75) is 4.90 Å². The Labute approximate surface area is 208 Å². The van der Waals surface area contributed by atoms with Gasteiger partial charge in [-0.25, -0.2) is 13.1 Å². The van der Waals surface area contributed by atoms with Crippen molar-refractivity contribution >= 4 is 65.2 Å². The van der Waals surface area contributed by atoms with Gasteiger partial charge in [-0.2, -0.15) is 36.0 Å². The number of nitrogens with one attached hydrogen (secondary N) is 4. The highest BCUT2D eigenvalue weighted by Gasteiger charge is 2.17. The second-order valence-electron chi connectivity index (χ2n) is 6.67. The van der Waals surface area contributed by atoms with Gasteiger partial charge in [0.2, 0.25) is 27.9 Å². The van der Waals surface area contributed by atoms with Gasteiger partial charge in [0.1, 0.15) is 0 Å². The third kappa shape index (κ3) is 10.9. The molecular weight excluding hydrogens is 570 g/mol. The Morgan fingerprint density at radius 2 is 1.50 bits per heavy atom. The number of hydrogen-bond donors (Lipinski definition) is 7. The molecule has 0 aliphatic carbocycles. The molecule has 0 spiro atoms. The maximum Gasteiger partial charge on any atom is 0.357 e. The molecule has 1 unspecified atom stereocenters. The first-order valence-corrected chi connectivity index (χ1v) is 15.3. The number of hydrogen-bond acceptors (Lipinski definition) is 14. The maximum atomic E-state index is 11.5. The van der Waals surface area contributed by atoms with Crippen LogP contribution in [0.15, 0.2) is 23.1 Å². The van der Waals surface area contributed by atoms with Gasteiger partial charge in [-0.1, -0.05) is 0 Å². The fourth-order valence-electron chi connectivity index (χ4n) is 2.33. The van der Waals surface area contributed by atoms with E-state index in [0.29, 0.717) is 0 Å². The van der Waals surface area contributed by atoms with E-state index in [1.807, 2.05) is 0 Å². The van der Waals surface area contributed by atoms with Crippen LogP contribution in [0.25, 0.3) is 0 Å². The highest BCUT2D eigenvalue weighted by molar-refractivity contribution is 7.88. The lowest BCUT2D eigenvalue weighted by atomic mass is 10.3. The average Bonchev–Trinajstić information content (AvgIpc) is 2.70. The molecule has 1 atom stereocenters.